The fraction of sp³-hybridized carbons (Fsp3) is 0.759. The molecule has 0 aromatic carbocycles. The van der Waals surface area contributed by atoms with Crippen LogP contribution < -0.4 is 75.7 Å². The first-order valence-corrected chi connectivity index (χ1v) is 41.7. The number of carbonyl (C=O) groups excluding carboxylic acids is 16. The number of hydrogen-bond acceptors (Lipinski definition) is 21. The number of carboxylic acids is 3. The van der Waals surface area contributed by atoms with Crippen LogP contribution >= 0.6 is 0 Å². The van der Waals surface area contributed by atoms with E-state index in [4.69, 9.17) is 17.2 Å². The van der Waals surface area contributed by atoms with E-state index < -0.39 is 247 Å². The van der Waals surface area contributed by atoms with E-state index in [9.17, 15) is 106 Å². The summed E-state index contributed by atoms with van der Waals surface area (Å²) in [6.07, 6.45) is -0.106. The highest BCUT2D eigenvalue weighted by atomic mass is 16.4. The minimum absolute atomic E-state index is 0.00965. The van der Waals surface area contributed by atoms with Crippen molar-refractivity contribution < 1.29 is 106 Å². The van der Waals surface area contributed by atoms with Gasteiger partial charge in [-0.2, -0.15) is 0 Å². The predicted octanol–water partition coefficient (Wildman–Crippen LogP) is -2.42. The number of rotatable bonds is 48. The second-order valence-corrected chi connectivity index (χ2v) is 33.9. The third-order valence-corrected chi connectivity index (χ3v) is 21.5. The topological polar surface area (TPSA) is 608 Å². The molecule has 0 radical (unpaired) electrons. The SMILES string of the molecule is CC(C)C[C@H](NC(=O)[C@H](CC(=O)O)NC(=O)[C@H](CCC(N)=O)NC(=O)[C@H](CCCCN)NC(=O)[C@@H](NC(=O)[C@H](CC(C)C)NC(=O)[C@@H]1CCCN1C(=O)[C@@H](NC(=O)[C@@H]1CCCN1C(=O)[C@H](CCC(=O)O)NC(=O)[C@H](C)NC(=O)[C@H](C)NC(=O)[C@@H]1CCCN1C(=O)[C@H](CC(C)C)NC(=O)[C@@H]1CCCN1C(=O)[C@@H](N)C(C)C)C(C)C)C(C)C)C(=O)O. The smallest absolute Gasteiger partial charge is 0.326 e. The molecule has 4 aliphatic heterocycles. The quantitative estimate of drug-likeness (QED) is 0.0282. The molecule has 40 nitrogen and oxygen atoms in total. The molecule has 0 spiro atoms. The summed E-state index contributed by atoms with van der Waals surface area (Å²) in [6.45, 7) is 24.0. The zero-order valence-corrected chi connectivity index (χ0v) is 71.3. The predicted molar refractivity (Wildman–Crippen MR) is 430 cm³/mol. The highest BCUT2D eigenvalue weighted by molar-refractivity contribution is 6.02. The number of carboxylic acid groups (broad SMARTS) is 3. The molecule has 4 fully saturated rings. The second-order valence-electron chi connectivity index (χ2n) is 33.9. The van der Waals surface area contributed by atoms with Gasteiger partial charge in [0.05, 0.1) is 12.5 Å². The molecule has 0 unspecified atom stereocenters. The maximum Gasteiger partial charge on any atom is 0.326 e. The van der Waals surface area contributed by atoms with E-state index in [-0.39, 0.29) is 114 Å². The highest BCUT2D eigenvalue weighted by Gasteiger charge is 2.47. The molecule has 0 bridgehead atoms. The molecule has 40 heteroatoms. The number of nitrogens with one attached hydrogen (secondary N) is 11. The molecule has 16 atom stereocenters. The number of likely N-dealkylation sites (tertiary alicyclic amines) is 4. The summed E-state index contributed by atoms with van der Waals surface area (Å²) in [5.41, 5.74) is 17.4. The fourth-order valence-corrected chi connectivity index (χ4v) is 14.8. The lowest BCUT2D eigenvalue weighted by Crippen LogP contribution is -2.61. The number of primary amides is 1. The van der Waals surface area contributed by atoms with Crippen molar-refractivity contribution in [3.63, 3.8) is 0 Å². The summed E-state index contributed by atoms with van der Waals surface area (Å²) < 4.78 is 0. The normalized spacial score (nSPS) is 19.7. The van der Waals surface area contributed by atoms with Crippen LogP contribution in [0.25, 0.3) is 0 Å². The summed E-state index contributed by atoms with van der Waals surface area (Å²) >= 11 is 0. The number of nitrogens with two attached hydrogens (primary N) is 3. The molecular weight excluding hydrogens is 1550 g/mol. The molecule has 4 saturated heterocycles. The zero-order chi connectivity index (χ0) is 89.7. The van der Waals surface area contributed by atoms with Gasteiger partial charge >= 0.3 is 17.9 Å². The van der Waals surface area contributed by atoms with E-state index in [1.54, 1.807) is 69.2 Å². The van der Waals surface area contributed by atoms with Gasteiger partial charge in [0.2, 0.25) is 94.5 Å². The van der Waals surface area contributed by atoms with Crippen LogP contribution in [-0.4, -0.2) is 277 Å². The Labute approximate surface area is 695 Å². The first kappa shape index (κ1) is 101. The van der Waals surface area contributed by atoms with E-state index in [0.717, 1.165) is 4.90 Å². The third-order valence-electron chi connectivity index (χ3n) is 21.5. The summed E-state index contributed by atoms with van der Waals surface area (Å²) in [5, 5.41) is 57.4. The van der Waals surface area contributed by atoms with E-state index in [0.29, 0.717) is 38.6 Å². The summed E-state index contributed by atoms with van der Waals surface area (Å²) in [7, 11) is 0. The van der Waals surface area contributed by atoms with Crippen molar-refractivity contribution in [1.82, 2.24) is 78.1 Å². The Morgan fingerprint density at radius 1 is 0.345 bits per heavy atom. The Bertz CT molecular complexity index is 3610. The van der Waals surface area contributed by atoms with Gasteiger partial charge in [-0.3, -0.25) is 86.3 Å². The largest absolute Gasteiger partial charge is 0.481 e. The van der Waals surface area contributed by atoms with E-state index in [1.165, 1.54) is 28.5 Å². The highest BCUT2D eigenvalue weighted by Crippen LogP contribution is 2.27. The lowest BCUT2D eigenvalue weighted by molar-refractivity contribution is -0.146. The number of nitrogens with zero attached hydrogens (tertiary/aromatic N) is 4. The number of aliphatic carboxylic acids is 3. The molecule has 0 saturated carbocycles. The van der Waals surface area contributed by atoms with Crippen LogP contribution in [-0.2, 0) is 91.1 Å². The van der Waals surface area contributed by atoms with E-state index in [1.807, 2.05) is 13.8 Å². The summed E-state index contributed by atoms with van der Waals surface area (Å²) in [5.74, 6) is -19.3. The monoisotopic (exact) mass is 1680 g/mol. The Morgan fingerprint density at radius 3 is 1.17 bits per heavy atom. The molecule has 4 rings (SSSR count). The van der Waals surface area contributed by atoms with Gasteiger partial charge in [0.25, 0.3) is 0 Å². The van der Waals surface area contributed by atoms with Crippen molar-refractivity contribution in [2.24, 2.45) is 52.7 Å². The van der Waals surface area contributed by atoms with Gasteiger partial charge in [-0.15, -0.1) is 0 Å². The van der Waals surface area contributed by atoms with Gasteiger partial charge in [0.1, 0.15) is 90.6 Å². The first-order valence-electron chi connectivity index (χ1n) is 41.7. The van der Waals surface area contributed by atoms with Gasteiger partial charge in [0.15, 0.2) is 0 Å². The lowest BCUT2D eigenvalue weighted by Gasteiger charge is -2.33. The summed E-state index contributed by atoms with van der Waals surface area (Å²) in [6, 6.07) is -21.0. The maximum atomic E-state index is 14.8. The Balaban J connectivity index is 1.45. The minimum Gasteiger partial charge on any atom is -0.481 e. The van der Waals surface area contributed by atoms with Gasteiger partial charge < -0.3 is 111 Å². The Kier molecular flexibility index (Phi) is 41.0. The van der Waals surface area contributed by atoms with Crippen LogP contribution in [0.2, 0.25) is 0 Å². The molecule has 0 aromatic heterocycles. The molecule has 16 amide bonds. The molecule has 119 heavy (non-hydrogen) atoms. The fourth-order valence-electron chi connectivity index (χ4n) is 14.8. The van der Waals surface area contributed by atoms with E-state index in [2.05, 4.69) is 58.5 Å². The standard InChI is InChI=1S/C79H132N18O22/c1-39(2)35-50(69(108)92-62(43(9)10)74(113)86-47(21-15-16-30-80)66(105)85-48(26-28-58(81)98)67(106)88-51(38-60(101)102)68(107)91-53(79(118)119)37-41(5)6)89-71(110)56-24-20-34-97(56)78(117)63(44(11)12)93-73(112)57-25-18-31-94(57)75(114)49(27-29-59(99)100)87-65(104)46(14)83-64(103)45(13)84-70(109)54-22-17-32-95(54)76(115)52(36-40(3)4)90-72(111)55-23-19-33-96(55)77(116)61(82)42(7)8/h39-57,61-63H,15-38,80,82H2,1-14H3,(H2,81,98)(H,83,103)(H,84,109)(H,85,105)(H,86,113)(H,87,104)(H,88,106)(H,89,110)(H,90,111)(H,91,107)(H,92,108)(H,93,112)(H,99,100)(H,101,102)(H,118,119)/t45-,46-,47-,48-,49-,50-,51-,52-,53-,54-,55-,56-,57-,61-,62-,63-/m0/s1. The zero-order valence-electron chi connectivity index (χ0n) is 71.3. The van der Waals surface area contributed by atoms with Gasteiger partial charge in [0, 0.05) is 39.0 Å². The lowest BCUT2D eigenvalue weighted by atomic mass is 9.98. The number of unbranched alkanes of at least 4 members (excludes halogenated alkanes) is 1. The van der Waals surface area contributed by atoms with Gasteiger partial charge in [-0.25, -0.2) is 4.79 Å². The number of carbonyl (C=O) groups is 19. The van der Waals surface area contributed by atoms with Crippen LogP contribution in [0.1, 0.15) is 219 Å². The minimum atomic E-state index is -1.87. The van der Waals surface area contributed by atoms with Crippen LogP contribution in [0.15, 0.2) is 0 Å². The molecular formula is C79H132N18O22. The van der Waals surface area contributed by atoms with Gasteiger partial charge in [-0.1, -0.05) is 83.1 Å². The van der Waals surface area contributed by atoms with Crippen LogP contribution in [0.5, 0.6) is 0 Å². The molecule has 0 aromatic rings. The number of amides is 16. The van der Waals surface area contributed by atoms with Crippen molar-refractivity contribution in [2.75, 3.05) is 32.7 Å². The third kappa shape index (κ3) is 31.2. The van der Waals surface area contributed by atoms with Crippen LogP contribution in [0.4, 0.5) is 0 Å². The van der Waals surface area contributed by atoms with Crippen molar-refractivity contribution in [1.29, 1.82) is 0 Å². The Morgan fingerprint density at radius 2 is 0.714 bits per heavy atom. The number of hydrogen-bond donors (Lipinski definition) is 17. The van der Waals surface area contributed by atoms with Gasteiger partial charge in [-0.05, 0) is 159 Å². The second kappa shape index (κ2) is 48.2. The Hall–Kier alpha value is -10.2. The molecule has 0 aliphatic carbocycles. The van der Waals surface area contributed by atoms with Crippen molar-refractivity contribution in [3.8, 4) is 0 Å². The molecule has 4 heterocycles. The average Bonchev–Trinajstić information content (AvgIpc) is 1.70. The molecule has 670 valence electrons. The van der Waals surface area contributed by atoms with Crippen molar-refractivity contribution in [2.45, 2.75) is 316 Å². The molecule has 4 aliphatic rings. The van der Waals surface area contributed by atoms with Crippen LogP contribution in [0.3, 0.4) is 0 Å². The van der Waals surface area contributed by atoms with Crippen molar-refractivity contribution in [3.05, 3.63) is 0 Å². The van der Waals surface area contributed by atoms with E-state index >= 15 is 0 Å². The average molecular weight is 1690 g/mol. The molecule has 20 N–H and O–H groups in total. The van der Waals surface area contributed by atoms with Crippen molar-refractivity contribution >= 4 is 112 Å². The van der Waals surface area contributed by atoms with Crippen LogP contribution in [0, 0.1) is 35.5 Å². The first-order chi connectivity index (χ1) is 55.7. The maximum absolute atomic E-state index is 14.8. The summed E-state index contributed by atoms with van der Waals surface area (Å²) in [4.78, 5) is 265.